The van der Waals surface area contributed by atoms with Gasteiger partial charge < -0.3 is 15.0 Å². The minimum atomic E-state index is -4.04. The normalized spacial score (nSPS) is 14.6. The average Bonchev–Trinajstić information content (AvgIpc) is 3.65. The summed E-state index contributed by atoms with van der Waals surface area (Å²) in [4.78, 5) is 29.2. The van der Waals surface area contributed by atoms with Crippen LogP contribution < -0.4 is 14.8 Å². The number of rotatable bonds is 9. The first-order valence-electron chi connectivity index (χ1n) is 13.9. The molecule has 1 aliphatic rings. The first-order valence-corrected chi connectivity index (χ1v) is 15.4. The van der Waals surface area contributed by atoms with Crippen LogP contribution in [0.4, 0.5) is 0 Å². The van der Waals surface area contributed by atoms with Gasteiger partial charge in [-0.15, -0.1) is 0 Å². The number of sulfonamides is 1. The Labute approximate surface area is 240 Å². The maximum atomic E-state index is 12.9. The number of hydrogen-bond acceptors (Lipinski definition) is 5. The third-order valence-electron chi connectivity index (χ3n) is 8.04. The first kappa shape index (κ1) is 28.4. The van der Waals surface area contributed by atoms with E-state index in [1.807, 2.05) is 31.3 Å². The molecule has 1 aromatic heterocycles. The minimum Gasteiger partial charge on any atom is -0.496 e. The van der Waals surface area contributed by atoms with Crippen molar-refractivity contribution in [2.45, 2.75) is 50.3 Å². The Balaban J connectivity index is 1.37. The molecule has 1 aliphatic carbocycles. The van der Waals surface area contributed by atoms with Crippen LogP contribution in [0.2, 0.25) is 0 Å². The van der Waals surface area contributed by atoms with E-state index in [2.05, 4.69) is 15.0 Å². The molecule has 4 aromatic rings. The number of fused-ring (bicyclic) bond motifs is 1. The van der Waals surface area contributed by atoms with Crippen LogP contribution in [0.25, 0.3) is 10.9 Å². The topological polar surface area (TPSA) is 117 Å². The van der Waals surface area contributed by atoms with Gasteiger partial charge in [-0.05, 0) is 73.2 Å². The zero-order valence-electron chi connectivity index (χ0n) is 23.5. The molecule has 3 aromatic carbocycles. The van der Waals surface area contributed by atoms with Crippen molar-refractivity contribution in [2.24, 2.45) is 5.92 Å². The van der Waals surface area contributed by atoms with E-state index in [4.69, 9.17) is 4.74 Å². The summed E-state index contributed by atoms with van der Waals surface area (Å²) >= 11 is 0. The summed E-state index contributed by atoms with van der Waals surface area (Å²) in [6.07, 6.45) is 6.73. The van der Waals surface area contributed by atoms with Gasteiger partial charge in [-0.1, -0.05) is 44.0 Å². The van der Waals surface area contributed by atoms with E-state index in [0.717, 1.165) is 22.0 Å². The number of hydrogen-bond donors (Lipinski definition) is 3. The van der Waals surface area contributed by atoms with E-state index >= 15 is 0 Å². The largest absolute Gasteiger partial charge is 0.496 e. The third-order valence-corrected chi connectivity index (χ3v) is 9.53. The fourth-order valence-electron chi connectivity index (χ4n) is 5.67. The van der Waals surface area contributed by atoms with E-state index in [1.54, 1.807) is 43.3 Å². The number of amides is 2. The Bertz CT molecular complexity index is 1700. The zero-order chi connectivity index (χ0) is 29.1. The Morgan fingerprint density at radius 1 is 0.976 bits per heavy atom. The van der Waals surface area contributed by atoms with Crippen LogP contribution in [0, 0.1) is 12.8 Å². The van der Waals surface area contributed by atoms with Crippen LogP contribution >= 0.6 is 0 Å². The highest BCUT2D eigenvalue weighted by atomic mass is 32.2. The molecule has 0 spiro atoms. The molecule has 3 N–H and O–H groups in total. The lowest BCUT2D eigenvalue weighted by Gasteiger charge is -2.17. The van der Waals surface area contributed by atoms with E-state index in [-0.39, 0.29) is 22.3 Å². The van der Waals surface area contributed by atoms with E-state index in [1.165, 1.54) is 38.9 Å². The third kappa shape index (κ3) is 6.00. The maximum absolute atomic E-state index is 12.9. The summed E-state index contributed by atoms with van der Waals surface area (Å²) in [5, 5.41) is 4.02. The molecule has 2 amide bonds. The first-order chi connectivity index (χ1) is 19.7. The molecule has 0 aliphatic heterocycles. The summed E-state index contributed by atoms with van der Waals surface area (Å²) in [6, 6.07) is 17.0. The Morgan fingerprint density at radius 3 is 2.41 bits per heavy atom. The summed E-state index contributed by atoms with van der Waals surface area (Å²) in [5.41, 5.74) is 4.02. The molecule has 1 atom stereocenters. The van der Waals surface area contributed by atoms with Gasteiger partial charge in [-0.25, -0.2) is 13.1 Å². The van der Waals surface area contributed by atoms with Crippen LogP contribution in [0.1, 0.15) is 75.9 Å². The molecule has 1 saturated carbocycles. The number of carbonyl (C=O) groups excluding carboxylic acids is 2. The van der Waals surface area contributed by atoms with Gasteiger partial charge in [-0.2, -0.15) is 0 Å². The Morgan fingerprint density at radius 2 is 1.68 bits per heavy atom. The van der Waals surface area contributed by atoms with Gasteiger partial charge in [0.2, 0.25) is 0 Å². The van der Waals surface area contributed by atoms with E-state index in [9.17, 15) is 18.0 Å². The maximum Gasteiger partial charge on any atom is 0.265 e. The van der Waals surface area contributed by atoms with Crippen LogP contribution in [-0.2, 0) is 10.0 Å². The molecule has 41 heavy (non-hydrogen) atoms. The number of aromatic amines is 1. The summed E-state index contributed by atoms with van der Waals surface area (Å²) in [7, 11) is -2.53. The number of benzene rings is 3. The van der Waals surface area contributed by atoms with Gasteiger partial charge >= 0.3 is 0 Å². The van der Waals surface area contributed by atoms with E-state index in [0.29, 0.717) is 29.3 Å². The molecule has 0 saturated heterocycles. The summed E-state index contributed by atoms with van der Waals surface area (Å²) in [6.45, 7) is 4.40. The fraction of sp³-hybridized carbons (Fsp3) is 0.312. The van der Waals surface area contributed by atoms with Crippen molar-refractivity contribution in [2.75, 3.05) is 13.7 Å². The molecule has 1 unspecified atom stereocenters. The predicted molar refractivity (Wildman–Crippen MR) is 159 cm³/mol. The number of aromatic nitrogens is 1. The van der Waals surface area contributed by atoms with Crippen LogP contribution in [-0.4, -0.2) is 38.9 Å². The number of ether oxygens (including phenoxy) is 1. The molecule has 1 heterocycles. The molecule has 1 fully saturated rings. The highest BCUT2D eigenvalue weighted by Crippen LogP contribution is 2.36. The lowest BCUT2D eigenvalue weighted by molar-refractivity contribution is 0.0945. The molecule has 0 radical (unpaired) electrons. The van der Waals surface area contributed by atoms with Crippen molar-refractivity contribution >= 4 is 32.7 Å². The van der Waals surface area contributed by atoms with Gasteiger partial charge in [0.25, 0.3) is 21.8 Å². The molecule has 8 nitrogen and oxygen atoms in total. The quantitative estimate of drug-likeness (QED) is 0.238. The molecule has 9 heteroatoms. The lowest BCUT2D eigenvalue weighted by atomic mass is 9.91. The SMILES string of the molecule is COc1cc(C(=O)NS(=O)(=O)c2ccccc2C)ccc1C(C)c1c[nH]c2ccc(C(=O)NCC3CCCC3)cc12. The Hall–Kier alpha value is -4.11. The monoisotopic (exact) mass is 573 g/mol. The second-order valence-corrected chi connectivity index (χ2v) is 12.4. The van der Waals surface area contributed by atoms with Crippen molar-refractivity contribution in [3.63, 3.8) is 0 Å². The second kappa shape index (κ2) is 11.8. The van der Waals surface area contributed by atoms with Crippen molar-refractivity contribution in [1.29, 1.82) is 0 Å². The second-order valence-electron chi connectivity index (χ2n) is 10.7. The zero-order valence-corrected chi connectivity index (χ0v) is 24.3. The number of carbonyl (C=O) groups is 2. The molecule has 5 rings (SSSR count). The minimum absolute atomic E-state index is 0.0523. The van der Waals surface area contributed by atoms with Crippen LogP contribution in [0.15, 0.2) is 71.8 Å². The van der Waals surface area contributed by atoms with Crippen molar-refractivity contribution < 1.29 is 22.7 Å². The van der Waals surface area contributed by atoms with Gasteiger partial charge in [0, 0.05) is 46.3 Å². The molecule has 0 bridgehead atoms. The lowest BCUT2D eigenvalue weighted by Crippen LogP contribution is -2.31. The molecular weight excluding hydrogens is 538 g/mol. The smallest absolute Gasteiger partial charge is 0.265 e. The molecular formula is C32H35N3O5S. The van der Waals surface area contributed by atoms with Gasteiger partial charge in [0.15, 0.2) is 0 Å². The van der Waals surface area contributed by atoms with Crippen molar-refractivity contribution in [3.8, 4) is 5.75 Å². The fourth-order valence-corrected chi connectivity index (χ4v) is 6.89. The highest BCUT2D eigenvalue weighted by Gasteiger charge is 2.24. The standard InChI is InChI=1S/C32H35N3O5S/c1-20-8-4-7-11-30(20)41(38,39)35-32(37)24-12-14-25(29(17-24)40-3)21(2)27-19-33-28-15-13-23(16-26(27)28)31(36)34-18-22-9-5-6-10-22/h4,7-8,11-17,19,21-22,33H,5-6,9-10,18H2,1-3H3,(H,34,36)(H,35,37). The number of methoxy groups -OCH3 is 1. The van der Waals surface area contributed by atoms with Crippen LogP contribution in [0.3, 0.4) is 0 Å². The number of H-pyrrole nitrogens is 1. The number of aryl methyl sites for hydroxylation is 1. The van der Waals surface area contributed by atoms with Crippen molar-refractivity contribution in [1.82, 2.24) is 15.0 Å². The summed E-state index contributed by atoms with van der Waals surface area (Å²) < 4.78 is 33.5. The number of nitrogens with one attached hydrogen (secondary N) is 3. The van der Waals surface area contributed by atoms with Crippen molar-refractivity contribution in [3.05, 3.63) is 94.7 Å². The highest BCUT2D eigenvalue weighted by molar-refractivity contribution is 7.90. The van der Waals surface area contributed by atoms with Gasteiger partial charge in [-0.3, -0.25) is 9.59 Å². The van der Waals surface area contributed by atoms with Gasteiger partial charge in [0.05, 0.1) is 12.0 Å². The average molecular weight is 574 g/mol. The van der Waals surface area contributed by atoms with E-state index < -0.39 is 15.9 Å². The van der Waals surface area contributed by atoms with Gasteiger partial charge in [0.1, 0.15) is 5.75 Å². The van der Waals surface area contributed by atoms with Crippen LogP contribution in [0.5, 0.6) is 5.75 Å². The predicted octanol–water partition coefficient (Wildman–Crippen LogP) is 5.68. The summed E-state index contributed by atoms with van der Waals surface area (Å²) in [5.74, 6) is 0.0467. The molecule has 214 valence electrons. The Kier molecular flexibility index (Phi) is 8.17.